The molecule has 2 aromatic rings. The molecule has 2 heterocycles. The number of rotatable bonds is 4. The molecule has 1 N–H and O–H groups in total. The number of nitrogens with one attached hydrogen (secondary N) is 1. The number of aromatic nitrogens is 1. The summed E-state index contributed by atoms with van der Waals surface area (Å²) in [6.45, 7) is 3.45. The maximum absolute atomic E-state index is 12.3. The summed E-state index contributed by atoms with van der Waals surface area (Å²) in [4.78, 5) is 37.2. The van der Waals surface area contributed by atoms with Crippen LogP contribution < -0.4 is 5.32 Å². The number of Topliss-reactive ketones (excluding diaryl/α,β-unsaturated/α-hetero) is 1. The number of fused-ring (bicyclic) bond motifs is 1. The van der Waals surface area contributed by atoms with E-state index in [1.165, 1.54) is 0 Å². The van der Waals surface area contributed by atoms with Crippen molar-refractivity contribution >= 4 is 35.1 Å². The smallest absolute Gasteiger partial charge is 0.338 e. The number of ether oxygens (including phenoxy) is 1. The normalized spacial score (nSPS) is 13.6. The van der Waals surface area contributed by atoms with E-state index in [1.54, 1.807) is 36.0 Å². The van der Waals surface area contributed by atoms with Gasteiger partial charge in [-0.2, -0.15) is 0 Å². The highest BCUT2D eigenvalue weighted by molar-refractivity contribution is 7.99. The van der Waals surface area contributed by atoms with E-state index in [2.05, 4.69) is 5.32 Å². The maximum Gasteiger partial charge on any atom is 0.338 e. The lowest BCUT2D eigenvalue weighted by molar-refractivity contribution is -0.115. The highest BCUT2D eigenvalue weighted by Gasteiger charge is 2.19. The molecule has 0 unspecified atom stereocenters. The largest absolute Gasteiger partial charge is 0.454 e. The molecule has 0 fully saturated rings. The zero-order valence-electron chi connectivity index (χ0n) is 14.9. The standard InChI is InChI=1S/C19H20N2O4S/c1-11-8-14(12(2)21(11)3)16(22)10-25-19(24)13-4-5-17-15(9-13)20-18(23)6-7-26-17/h4-5,8-9H,6-7,10H2,1-3H3,(H,20,23). The lowest BCUT2D eigenvalue weighted by atomic mass is 10.1. The van der Waals surface area contributed by atoms with E-state index in [0.717, 1.165) is 16.3 Å². The third-order valence-electron chi connectivity index (χ3n) is 4.49. The number of anilines is 1. The molecule has 1 aliphatic rings. The zero-order valence-corrected chi connectivity index (χ0v) is 15.7. The number of carbonyl (C=O) groups is 3. The van der Waals surface area contributed by atoms with Crippen molar-refractivity contribution in [3.8, 4) is 0 Å². The first-order valence-electron chi connectivity index (χ1n) is 8.26. The van der Waals surface area contributed by atoms with Crippen molar-refractivity contribution in [1.82, 2.24) is 4.57 Å². The van der Waals surface area contributed by atoms with Crippen LogP contribution in [0.2, 0.25) is 0 Å². The second-order valence-electron chi connectivity index (χ2n) is 6.20. The summed E-state index contributed by atoms with van der Waals surface area (Å²) in [5.41, 5.74) is 3.28. The molecule has 7 heteroatoms. The number of hydrogen-bond acceptors (Lipinski definition) is 5. The molecule has 0 atom stereocenters. The second-order valence-corrected chi connectivity index (χ2v) is 7.34. The number of aryl methyl sites for hydroxylation is 1. The Kier molecular flexibility index (Phi) is 5.18. The quantitative estimate of drug-likeness (QED) is 0.659. The van der Waals surface area contributed by atoms with Crippen LogP contribution in [0.3, 0.4) is 0 Å². The number of esters is 1. The van der Waals surface area contributed by atoms with Gasteiger partial charge in [0, 0.05) is 41.1 Å². The van der Waals surface area contributed by atoms with Gasteiger partial charge in [-0.3, -0.25) is 9.59 Å². The van der Waals surface area contributed by atoms with Crippen LogP contribution in [0.5, 0.6) is 0 Å². The Hall–Kier alpha value is -2.54. The average molecular weight is 372 g/mol. The summed E-state index contributed by atoms with van der Waals surface area (Å²) >= 11 is 1.56. The molecule has 1 amide bonds. The predicted octanol–water partition coefficient (Wildman–Crippen LogP) is 3.12. The fourth-order valence-electron chi connectivity index (χ4n) is 2.78. The van der Waals surface area contributed by atoms with Crippen LogP contribution in [0.4, 0.5) is 5.69 Å². The molecule has 136 valence electrons. The van der Waals surface area contributed by atoms with Crippen LogP contribution in [0, 0.1) is 13.8 Å². The van der Waals surface area contributed by atoms with E-state index in [4.69, 9.17) is 4.74 Å². The van der Waals surface area contributed by atoms with E-state index in [0.29, 0.717) is 29.0 Å². The highest BCUT2D eigenvalue weighted by atomic mass is 32.2. The van der Waals surface area contributed by atoms with Crippen molar-refractivity contribution in [3.05, 3.63) is 46.8 Å². The molecule has 1 aliphatic heterocycles. The Morgan fingerprint density at radius 1 is 1.27 bits per heavy atom. The number of benzene rings is 1. The zero-order chi connectivity index (χ0) is 18.8. The lowest BCUT2D eigenvalue weighted by Crippen LogP contribution is -2.15. The van der Waals surface area contributed by atoms with E-state index < -0.39 is 5.97 Å². The topological polar surface area (TPSA) is 77.4 Å². The maximum atomic E-state index is 12.3. The van der Waals surface area contributed by atoms with Gasteiger partial charge in [-0.15, -0.1) is 11.8 Å². The molecule has 0 radical (unpaired) electrons. The minimum atomic E-state index is -0.588. The Morgan fingerprint density at radius 2 is 2.04 bits per heavy atom. The number of ketones is 1. The first kappa shape index (κ1) is 18.3. The van der Waals surface area contributed by atoms with Crippen molar-refractivity contribution < 1.29 is 19.1 Å². The van der Waals surface area contributed by atoms with Crippen LogP contribution in [-0.2, 0) is 16.6 Å². The molecule has 3 rings (SSSR count). The molecule has 1 aromatic carbocycles. The van der Waals surface area contributed by atoms with Gasteiger partial charge in [0.2, 0.25) is 11.7 Å². The van der Waals surface area contributed by atoms with Gasteiger partial charge in [0.05, 0.1) is 11.3 Å². The number of hydrogen-bond donors (Lipinski definition) is 1. The summed E-state index contributed by atoms with van der Waals surface area (Å²) in [6, 6.07) is 6.82. The SMILES string of the molecule is Cc1cc(C(=O)COC(=O)c2ccc3c(c2)NC(=O)CCS3)c(C)n1C. The summed E-state index contributed by atoms with van der Waals surface area (Å²) in [7, 11) is 1.88. The Labute approximate surface area is 155 Å². The molecule has 6 nitrogen and oxygen atoms in total. The van der Waals surface area contributed by atoms with E-state index in [9.17, 15) is 14.4 Å². The molecular formula is C19H20N2O4S. The number of thioether (sulfide) groups is 1. The van der Waals surface area contributed by atoms with Crippen LogP contribution in [0.1, 0.15) is 38.5 Å². The third-order valence-corrected chi connectivity index (χ3v) is 5.56. The second kappa shape index (κ2) is 7.37. The van der Waals surface area contributed by atoms with Gasteiger partial charge in [-0.1, -0.05) is 0 Å². The minimum absolute atomic E-state index is 0.0770. The summed E-state index contributed by atoms with van der Waals surface area (Å²) in [5, 5.41) is 2.79. The number of carbonyl (C=O) groups excluding carboxylic acids is 3. The molecule has 0 aliphatic carbocycles. The first-order valence-corrected chi connectivity index (χ1v) is 9.25. The minimum Gasteiger partial charge on any atom is -0.454 e. The Morgan fingerprint density at radius 3 is 2.73 bits per heavy atom. The Bertz CT molecular complexity index is 901. The van der Waals surface area contributed by atoms with Crippen molar-refractivity contribution in [2.24, 2.45) is 7.05 Å². The number of nitrogens with zero attached hydrogens (tertiary/aromatic N) is 1. The van der Waals surface area contributed by atoms with Gasteiger partial charge in [0.15, 0.2) is 6.61 Å². The van der Waals surface area contributed by atoms with Crippen molar-refractivity contribution in [2.75, 3.05) is 17.7 Å². The molecular weight excluding hydrogens is 352 g/mol. The van der Waals surface area contributed by atoms with Gasteiger partial charge < -0.3 is 14.6 Å². The highest BCUT2D eigenvalue weighted by Crippen LogP contribution is 2.31. The van der Waals surface area contributed by atoms with Crippen LogP contribution in [-0.4, -0.2) is 34.6 Å². The monoisotopic (exact) mass is 372 g/mol. The van der Waals surface area contributed by atoms with Crippen LogP contribution in [0.15, 0.2) is 29.2 Å². The van der Waals surface area contributed by atoms with Gasteiger partial charge >= 0.3 is 5.97 Å². The summed E-state index contributed by atoms with van der Waals surface area (Å²) < 4.78 is 7.10. The van der Waals surface area contributed by atoms with Gasteiger partial charge in [-0.05, 0) is 38.1 Å². The fraction of sp³-hybridized carbons (Fsp3) is 0.316. The van der Waals surface area contributed by atoms with Gasteiger partial charge in [0.1, 0.15) is 0 Å². The predicted molar refractivity (Wildman–Crippen MR) is 99.9 cm³/mol. The van der Waals surface area contributed by atoms with E-state index in [1.807, 2.05) is 25.5 Å². The lowest BCUT2D eigenvalue weighted by Gasteiger charge is -2.09. The Balaban J connectivity index is 1.69. The average Bonchev–Trinajstić information content (AvgIpc) is 2.78. The molecule has 0 bridgehead atoms. The van der Waals surface area contributed by atoms with E-state index in [-0.39, 0.29) is 18.3 Å². The summed E-state index contributed by atoms with van der Waals surface area (Å²) in [6.07, 6.45) is 0.434. The number of amides is 1. The van der Waals surface area contributed by atoms with Gasteiger partial charge in [0.25, 0.3) is 0 Å². The van der Waals surface area contributed by atoms with Gasteiger partial charge in [-0.25, -0.2) is 4.79 Å². The molecule has 1 aromatic heterocycles. The van der Waals surface area contributed by atoms with Crippen molar-refractivity contribution in [1.29, 1.82) is 0 Å². The van der Waals surface area contributed by atoms with Crippen LogP contribution >= 0.6 is 11.8 Å². The molecule has 0 saturated carbocycles. The molecule has 0 saturated heterocycles. The van der Waals surface area contributed by atoms with E-state index >= 15 is 0 Å². The third kappa shape index (κ3) is 3.67. The fourth-order valence-corrected chi connectivity index (χ4v) is 3.71. The molecule has 26 heavy (non-hydrogen) atoms. The van der Waals surface area contributed by atoms with Crippen LogP contribution in [0.25, 0.3) is 0 Å². The molecule has 0 spiro atoms. The van der Waals surface area contributed by atoms with Crippen molar-refractivity contribution in [2.45, 2.75) is 25.2 Å². The first-order chi connectivity index (χ1) is 12.4. The summed E-state index contributed by atoms with van der Waals surface area (Å²) in [5.74, 6) is -0.201. The van der Waals surface area contributed by atoms with Crippen molar-refractivity contribution in [3.63, 3.8) is 0 Å².